The van der Waals surface area contributed by atoms with Gasteiger partial charge in [-0.2, -0.15) is 0 Å². The van der Waals surface area contributed by atoms with E-state index in [1.807, 2.05) is 0 Å². The Balaban J connectivity index is 2.23. The highest BCUT2D eigenvalue weighted by Gasteiger charge is 2.37. The van der Waals surface area contributed by atoms with Crippen molar-refractivity contribution >= 4 is 29.3 Å². The minimum Gasteiger partial charge on any atom is -0.465 e. The molecule has 0 bridgehead atoms. The predicted octanol–water partition coefficient (Wildman–Crippen LogP) is 2.95. The van der Waals surface area contributed by atoms with Crippen LogP contribution in [0.25, 0.3) is 0 Å². The third-order valence-electron chi connectivity index (χ3n) is 3.31. The number of carboxylic acid groups (broad SMARTS) is 1. The largest absolute Gasteiger partial charge is 0.465 e. The SMILES string of the molecule is O=C(O)N1CCC(O)(c2cccc(Cl)c2Cl)CC1. The Hall–Kier alpha value is -0.970. The van der Waals surface area contributed by atoms with Crippen LogP contribution in [0, 0.1) is 0 Å². The summed E-state index contributed by atoms with van der Waals surface area (Å²) in [7, 11) is 0. The second kappa shape index (κ2) is 4.96. The van der Waals surface area contributed by atoms with Crippen molar-refractivity contribution in [2.45, 2.75) is 18.4 Å². The molecule has 1 aliphatic rings. The van der Waals surface area contributed by atoms with E-state index < -0.39 is 11.7 Å². The zero-order chi connectivity index (χ0) is 13.3. The number of benzene rings is 1. The number of rotatable bonds is 1. The van der Waals surface area contributed by atoms with Gasteiger partial charge in [0.25, 0.3) is 0 Å². The van der Waals surface area contributed by atoms with Gasteiger partial charge >= 0.3 is 6.09 Å². The Kier molecular flexibility index (Phi) is 3.71. The van der Waals surface area contributed by atoms with Crippen molar-refractivity contribution in [3.8, 4) is 0 Å². The number of hydrogen-bond acceptors (Lipinski definition) is 2. The summed E-state index contributed by atoms with van der Waals surface area (Å²) in [4.78, 5) is 12.1. The molecule has 1 saturated heterocycles. The molecule has 1 aromatic rings. The van der Waals surface area contributed by atoms with Gasteiger partial charge in [0.05, 0.1) is 15.6 Å². The lowest BCUT2D eigenvalue weighted by Crippen LogP contribution is -2.44. The van der Waals surface area contributed by atoms with Gasteiger partial charge in [-0.1, -0.05) is 35.3 Å². The van der Waals surface area contributed by atoms with Gasteiger partial charge in [-0.15, -0.1) is 0 Å². The number of amides is 1. The van der Waals surface area contributed by atoms with Crippen LogP contribution in [0.4, 0.5) is 4.79 Å². The summed E-state index contributed by atoms with van der Waals surface area (Å²) in [5.41, 5.74) is -0.532. The molecule has 6 heteroatoms. The lowest BCUT2D eigenvalue weighted by Gasteiger charge is -2.37. The molecule has 0 atom stereocenters. The van der Waals surface area contributed by atoms with Gasteiger partial charge in [-0.05, 0) is 18.9 Å². The maximum Gasteiger partial charge on any atom is 0.407 e. The van der Waals surface area contributed by atoms with E-state index in [1.165, 1.54) is 4.90 Å². The van der Waals surface area contributed by atoms with Crippen molar-refractivity contribution in [2.24, 2.45) is 0 Å². The molecular formula is C12H13Cl2NO3. The molecule has 1 amide bonds. The molecule has 0 saturated carbocycles. The van der Waals surface area contributed by atoms with Crippen LogP contribution in [0.3, 0.4) is 0 Å². The zero-order valence-corrected chi connectivity index (χ0v) is 11.1. The van der Waals surface area contributed by atoms with Gasteiger partial charge in [0.15, 0.2) is 0 Å². The van der Waals surface area contributed by atoms with E-state index in [0.29, 0.717) is 28.5 Å². The molecular weight excluding hydrogens is 277 g/mol. The van der Waals surface area contributed by atoms with Crippen LogP contribution >= 0.6 is 23.2 Å². The number of piperidine rings is 1. The predicted molar refractivity (Wildman–Crippen MR) is 69.2 cm³/mol. The molecule has 0 radical (unpaired) electrons. The third-order valence-corrected chi connectivity index (χ3v) is 4.13. The van der Waals surface area contributed by atoms with Gasteiger partial charge < -0.3 is 15.1 Å². The Bertz CT molecular complexity index is 470. The normalized spacial score (nSPS) is 18.7. The average molecular weight is 290 g/mol. The fraction of sp³-hybridized carbons (Fsp3) is 0.417. The second-order valence-electron chi connectivity index (χ2n) is 4.40. The van der Waals surface area contributed by atoms with Crippen LogP contribution < -0.4 is 0 Å². The Morgan fingerprint density at radius 1 is 1.28 bits per heavy atom. The second-order valence-corrected chi connectivity index (χ2v) is 5.19. The maximum absolute atomic E-state index is 10.8. The first-order valence-electron chi connectivity index (χ1n) is 5.59. The Labute approximate surface area is 115 Å². The molecule has 0 spiro atoms. The van der Waals surface area contributed by atoms with Gasteiger partial charge in [0, 0.05) is 18.7 Å². The molecule has 0 unspecified atom stereocenters. The standard InChI is InChI=1S/C12H13Cl2NO3/c13-9-3-1-2-8(10(9)14)12(18)4-6-15(7-5-12)11(16)17/h1-3,18H,4-7H2,(H,16,17). The van der Waals surface area contributed by atoms with Crippen molar-refractivity contribution < 1.29 is 15.0 Å². The smallest absolute Gasteiger partial charge is 0.407 e. The highest BCUT2D eigenvalue weighted by atomic mass is 35.5. The monoisotopic (exact) mass is 289 g/mol. The van der Waals surface area contributed by atoms with Gasteiger partial charge in [-0.25, -0.2) is 4.79 Å². The average Bonchev–Trinajstić information content (AvgIpc) is 2.33. The van der Waals surface area contributed by atoms with Crippen LogP contribution in [-0.2, 0) is 5.60 Å². The first-order valence-corrected chi connectivity index (χ1v) is 6.34. The van der Waals surface area contributed by atoms with E-state index in [0.717, 1.165) is 0 Å². The lowest BCUT2D eigenvalue weighted by molar-refractivity contribution is -0.0212. The molecule has 1 fully saturated rings. The molecule has 18 heavy (non-hydrogen) atoms. The highest BCUT2D eigenvalue weighted by molar-refractivity contribution is 6.42. The molecule has 1 aliphatic heterocycles. The lowest BCUT2D eigenvalue weighted by atomic mass is 9.84. The molecule has 2 N–H and O–H groups in total. The zero-order valence-electron chi connectivity index (χ0n) is 9.57. The van der Waals surface area contributed by atoms with Crippen molar-refractivity contribution in [1.82, 2.24) is 4.90 Å². The van der Waals surface area contributed by atoms with E-state index in [1.54, 1.807) is 18.2 Å². The number of hydrogen-bond donors (Lipinski definition) is 2. The first-order chi connectivity index (χ1) is 8.44. The third kappa shape index (κ3) is 2.41. The van der Waals surface area contributed by atoms with E-state index in [4.69, 9.17) is 28.3 Å². The fourth-order valence-electron chi connectivity index (χ4n) is 2.20. The summed E-state index contributed by atoms with van der Waals surface area (Å²) in [5, 5.41) is 20.2. The van der Waals surface area contributed by atoms with Gasteiger partial charge in [0.1, 0.15) is 0 Å². The van der Waals surface area contributed by atoms with E-state index in [2.05, 4.69) is 0 Å². The van der Waals surface area contributed by atoms with Crippen LogP contribution in [-0.4, -0.2) is 34.3 Å². The van der Waals surface area contributed by atoms with Crippen molar-refractivity contribution in [3.63, 3.8) is 0 Å². The molecule has 4 nitrogen and oxygen atoms in total. The molecule has 0 aliphatic carbocycles. The fourth-order valence-corrected chi connectivity index (χ4v) is 2.68. The number of aliphatic hydroxyl groups is 1. The van der Waals surface area contributed by atoms with Crippen molar-refractivity contribution in [3.05, 3.63) is 33.8 Å². The first kappa shape index (κ1) is 13.5. The molecule has 1 heterocycles. The van der Waals surface area contributed by atoms with Gasteiger partial charge in [-0.3, -0.25) is 0 Å². The number of likely N-dealkylation sites (tertiary alicyclic amines) is 1. The Morgan fingerprint density at radius 2 is 1.89 bits per heavy atom. The number of halogens is 2. The highest BCUT2D eigenvalue weighted by Crippen LogP contribution is 2.39. The van der Waals surface area contributed by atoms with E-state index in [-0.39, 0.29) is 13.1 Å². The minimum atomic E-state index is -1.10. The summed E-state index contributed by atoms with van der Waals surface area (Å²) >= 11 is 12.0. The van der Waals surface area contributed by atoms with E-state index >= 15 is 0 Å². The summed E-state index contributed by atoms with van der Waals surface area (Å²) in [6.45, 7) is 0.573. The van der Waals surface area contributed by atoms with Crippen LogP contribution in [0.5, 0.6) is 0 Å². The maximum atomic E-state index is 10.8. The molecule has 2 rings (SSSR count). The van der Waals surface area contributed by atoms with E-state index in [9.17, 15) is 9.90 Å². The van der Waals surface area contributed by atoms with Gasteiger partial charge in [0.2, 0.25) is 0 Å². The quantitative estimate of drug-likeness (QED) is 0.836. The topological polar surface area (TPSA) is 60.8 Å². The Morgan fingerprint density at radius 3 is 2.44 bits per heavy atom. The number of carbonyl (C=O) groups is 1. The van der Waals surface area contributed by atoms with Crippen LogP contribution in [0.1, 0.15) is 18.4 Å². The minimum absolute atomic E-state index is 0.286. The summed E-state index contributed by atoms with van der Waals surface area (Å²) in [5.74, 6) is 0. The molecule has 98 valence electrons. The van der Waals surface area contributed by atoms with Crippen LogP contribution in [0.2, 0.25) is 10.0 Å². The molecule has 0 aromatic heterocycles. The summed E-state index contributed by atoms with van der Waals surface area (Å²) in [6.07, 6.45) is -0.326. The van der Waals surface area contributed by atoms with Crippen LogP contribution in [0.15, 0.2) is 18.2 Å². The molecule has 1 aromatic carbocycles. The van der Waals surface area contributed by atoms with Crippen molar-refractivity contribution in [2.75, 3.05) is 13.1 Å². The number of nitrogens with zero attached hydrogens (tertiary/aromatic N) is 1. The summed E-state index contributed by atoms with van der Waals surface area (Å²) in [6, 6.07) is 5.11. The van der Waals surface area contributed by atoms with Crippen molar-refractivity contribution in [1.29, 1.82) is 0 Å². The summed E-state index contributed by atoms with van der Waals surface area (Å²) < 4.78 is 0.